The number of anilines is 1. The quantitative estimate of drug-likeness (QED) is 0.294. The third-order valence-corrected chi connectivity index (χ3v) is 8.99. The Labute approximate surface area is 236 Å². The third-order valence-electron chi connectivity index (χ3n) is 8.73. The molecule has 3 amide bonds. The molecule has 0 radical (unpaired) electrons. The molecule has 3 heterocycles. The molecule has 2 bridgehead atoms. The lowest BCUT2D eigenvalue weighted by Gasteiger charge is -2.37. The number of aliphatic hydroxyl groups excluding tert-OH is 1. The number of carbonyl (C=O) groups excluding carboxylic acids is 3. The van der Waals surface area contributed by atoms with E-state index in [1.165, 1.54) is 0 Å². The van der Waals surface area contributed by atoms with Crippen molar-refractivity contribution in [3.8, 4) is 0 Å². The maximum absolute atomic E-state index is 14.5. The minimum Gasteiger partial charge on any atom is -0.396 e. The fourth-order valence-corrected chi connectivity index (χ4v) is 7.05. The predicted molar refractivity (Wildman–Crippen MR) is 151 cm³/mol. The van der Waals surface area contributed by atoms with Gasteiger partial charge in [0.2, 0.25) is 11.8 Å². The first-order valence-electron chi connectivity index (χ1n) is 13.9. The van der Waals surface area contributed by atoms with E-state index in [4.69, 9.17) is 16.3 Å². The molecule has 1 aromatic rings. The molecular weight excluding hydrogens is 518 g/mol. The van der Waals surface area contributed by atoms with Crippen LogP contribution in [0.4, 0.5) is 5.69 Å². The third kappa shape index (κ3) is 4.92. The molecule has 212 valence electrons. The van der Waals surface area contributed by atoms with Crippen LogP contribution in [-0.4, -0.2) is 83.2 Å². The fraction of sp³-hybridized carbons (Fsp3) is 0.567. The predicted octanol–water partition coefficient (Wildman–Crippen LogP) is 3.82. The molecule has 8 nitrogen and oxygen atoms in total. The van der Waals surface area contributed by atoms with Crippen LogP contribution < -0.4 is 4.90 Å². The maximum atomic E-state index is 14.5. The van der Waals surface area contributed by atoms with E-state index in [0.29, 0.717) is 55.9 Å². The number of amides is 3. The summed E-state index contributed by atoms with van der Waals surface area (Å²) >= 11 is 6.12. The van der Waals surface area contributed by atoms with Gasteiger partial charge in [0, 0.05) is 44.0 Å². The molecule has 9 heteroatoms. The van der Waals surface area contributed by atoms with Crippen LogP contribution in [0.2, 0.25) is 5.02 Å². The van der Waals surface area contributed by atoms with Gasteiger partial charge in [0.25, 0.3) is 5.91 Å². The Morgan fingerprint density at radius 2 is 1.82 bits per heavy atom. The molecule has 0 saturated carbocycles. The van der Waals surface area contributed by atoms with E-state index < -0.39 is 29.1 Å². The Bertz CT molecular complexity index is 1110. The smallest absolute Gasteiger partial charge is 0.253 e. The lowest BCUT2D eigenvalue weighted by atomic mass is 9.64. The van der Waals surface area contributed by atoms with E-state index in [-0.39, 0.29) is 30.9 Å². The summed E-state index contributed by atoms with van der Waals surface area (Å²) in [5, 5.41) is 9.81. The van der Waals surface area contributed by atoms with Gasteiger partial charge in [-0.3, -0.25) is 14.4 Å². The molecule has 1 N–H and O–H groups in total. The Kier molecular flexibility index (Phi) is 8.88. The highest BCUT2D eigenvalue weighted by atomic mass is 35.5. The van der Waals surface area contributed by atoms with Crippen molar-refractivity contribution in [3.05, 3.63) is 54.6 Å². The Hall–Kier alpha value is -2.68. The van der Waals surface area contributed by atoms with Crippen molar-refractivity contribution in [2.75, 3.05) is 38.2 Å². The lowest BCUT2D eigenvalue weighted by Crippen LogP contribution is -2.56. The first-order valence-corrected chi connectivity index (χ1v) is 14.2. The number of fused-ring (bicyclic) bond motifs is 1. The molecule has 4 rings (SSSR count). The highest BCUT2D eigenvalue weighted by Gasteiger charge is 2.78. The van der Waals surface area contributed by atoms with Gasteiger partial charge in [0.1, 0.15) is 11.6 Å². The second kappa shape index (κ2) is 11.8. The molecule has 3 aliphatic rings. The van der Waals surface area contributed by atoms with Crippen molar-refractivity contribution in [3.63, 3.8) is 0 Å². The van der Waals surface area contributed by atoms with Crippen molar-refractivity contribution in [1.82, 2.24) is 9.80 Å². The first kappa shape index (κ1) is 29.3. The standard InChI is InChI=1S/C30H40ClN3O5/c1-5-17-32(4)26(36)23-24-27(37)34(19-9-8-10-20-35)25(30(24)16-15-29(23,7-3)39-30)28(38)33(18-6-2)22-13-11-21(31)12-14-22/h5-6,11-14,23-25,35H,1-2,7-10,15-20H2,3-4H3/t23-,24-,25?,29+,30?/m0/s1. The molecule has 3 fully saturated rings. The fourth-order valence-electron chi connectivity index (χ4n) is 6.93. The number of nitrogens with zero attached hydrogens (tertiary/aromatic N) is 3. The molecule has 39 heavy (non-hydrogen) atoms. The van der Waals surface area contributed by atoms with Crippen molar-refractivity contribution in [1.29, 1.82) is 0 Å². The highest BCUT2D eigenvalue weighted by molar-refractivity contribution is 6.30. The van der Waals surface area contributed by atoms with Crippen LogP contribution in [0.3, 0.4) is 0 Å². The Balaban J connectivity index is 1.79. The molecule has 2 unspecified atom stereocenters. The molecule has 0 aromatic heterocycles. The second-order valence-corrected chi connectivity index (χ2v) is 11.3. The molecule has 0 aliphatic carbocycles. The summed E-state index contributed by atoms with van der Waals surface area (Å²) in [5.74, 6) is -2.02. The van der Waals surface area contributed by atoms with Crippen molar-refractivity contribution < 1.29 is 24.2 Å². The van der Waals surface area contributed by atoms with Crippen LogP contribution in [0.15, 0.2) is 49.6 Å². The number of carbonyl (C=O) groups is 3. The van der Waals surface area contributed by atoms with Gasteiger partial charge in [0.15, 0.2) is 0 Å². The number of halogens is 1. The van der Waals surface area contributed by atoms with E-state index in [1.54, 1.807) is 58.2 Å². The van der Waals surface area contributed by atoms with Crippen LogP contribution >= 0.6 is 11.6 Å². The Morgan fingerprint density at radius 3 is 2.44 bits per heavy atom. The minimum absolute atomic E-state index is 0.0703. The van der Waals surface area contributed by atoms with Gasteiger partial charge in [0.05, 0.1) is 17.4 Å². The van der Waals surface area contributed by atoms with Gasteiger partial charge < -0.3 is 24.5 Å². The number of hydrogen-bond donors (Lipinski definition) is 1. The number of hydrogen-bond acceptors (Lipinski definition) is 5. The molecule has 3 saturated heterocycles. The van der Waals surface area contributed by atoms with E-state index in [1.807, 2.05) is 6.92 Å². The summed E-state index contributed by atoms with van der Waals surface area (Å²) in [4.78, 5) is 47.5. The molecule has 1 aromatic carbocycles. The zero-order valence-electron chi connectivity index (χ0n) is 23.0. The summed E-state index contributed by atoms with van der Waals surface area (Å²) < 4.78 is 6.86. The normalized spacial score (nSPS) is 28.9. The lowest BCUT2D eigenvalue weighted by molar-refractivity contribution is -0.150. The summed E-state index contributed by atoms with van der Waals surface area (Å²) in [6.45, 7) is 10.6. The van der Waals surface area contributed by atoms with E-state index in [2.05, 4.69) is 13.2 Å². The van der Waals surface area contributed by atoms with Crippen molar-refractivity contribution in [2.24, 2.45) is 11.8 Å². The molecule has 5 atom stereocenters. The van der Waals surface area contributed by atoms with Gasteiger partial charge in [-0.25, -0.2) is 0 Å². The number of benzene rings is 1. The SMILES string of the molecule is C=CCN(C)C(=O)[C@@H]1[C@H]2C(=O)N(CCCCCO)C(C(=O)N(CC=C)c3ccc(Cl)cc3)C23CC[C@@]1(CC)O3. The van der Waals surface area contributed by atoms with E-state index in [0.717, 1.165) is 6.42 Å². The van der Waals surface area contributed by atoms with Gasteiger partial charge in [-0.1, -0.05) is 30.7 Å². The summed E-state index contributed by atoms with van der Waals surface area (Å²) in [6.07, 6.45) is 6.99. The molecule has 1 spiro atoms. The van der Waals surface area contributed by atoms with Crippen molar-refractivity contribution in [2.45, 2.75) is 62.7 Å². The minimum atomic E-state index is -1.09. The first-order chi connectivity index (χ1) is 18.7. The molecular formula is C30H40ClN3O5. The van der Waals surface area contributed by atoms with Crippen LogP contribution in [0.5, 0.6) is 0 Å². The largest absolute Gasteiger partial charge is 0.396 e. The average molecular weight is 558 g/mol. The van der Waals surface area contributed by atoms with E-state index >= 15 is 0 Å². The Morgan fingerprint density at radius 1 is 1.13 bits per heavy atom. The number of ether oxygens (including phenoxy) is 1. The number of unbranched alkanes of at least 4 members (excludes halogenated alkanes) is 2. The van der Waals surface area contributed by atoms with Crippen LogP contribution in [0.25, 0.3) is 0 Å². The monoisotopic (exact) mass is 557 g/mol. The topological polar surface area (TPSA) is 90.4 Å². The molecule has 3 aliphatic heterocycles. The summed E-state index contributed by atoms with van der Waals surface area (Å²) in [5.41, 5.74) is -1.24. The van der Waals surface area contributed by atoms with Gasteiger partial charge in [-0.2, -0.15) is 0 Å². The second-order valence-electron chi connectivity index (χ2n) is 10.9. The number of likely N-dealkylation sites (N-methyl/N-ethyl adjacent to an activating group) is 1. The van der Waals surface area contributed by atoms with Crippen LogP contribution in [0.1, 0.15) is 45.4 Å². The van der Waals surface area contributed by atoms with Crippen LogP contribution in [0, 0.1) is 11.8 Å². The van der Waals surface area contributed by atoms with Gasteiger partial charge in [-0.15, -0.1) is 13.2 Å². The number of rotatable bonds is 13. The highest BCUT2D eigenvalue weighted by Crippen LogP contribution is 2.64. The van der Waals surface area contributed by atoms with Crippen molar-refractivity contribution >= 4 is 35.0 Å². The maximum Gasteiger partial charge on any atom is 0.253 e. The average Bonchev–Trinajstić information content (AvgIpc) is 3.53. The number of likely N-dealkylation sites (tertiary alicyclic amines) is 1. The van der Waals surface area contributed by atoms with E-state index in [9.17, 15) is 19.5 Å². The van der Waals surface area contributed by atoms with Gasteiger partial charge in [-0.05, 0) is 62.8 Å². The summed E-state index contributed by atoms with van der Waals surface area (Å²) in [7, 11) is 1.72. The van der Waals surface area contributed by atoms with Gasteiger partial charge >= 0.3 is 0 Å². The zero-order valence-corrected chi connectivity index (χ0v) is 23.7. The zero-order chi connectivity index (χ0) is 28.4. The summed E-state index contributed by atoms with van der Waals surface area (Å²) in [6, 6.07) is 6.12. The van der Waals surface area contributed by atoms with Crippen LogP contribution in [-0.2, 0) is 19.1 Å². The number of aliphatic hydroxyl groups is 1.